The van der Waals surface area contributed by atoms with Crippen LogP contribution >= 0.6 is 20.2 Å². The van der Waals surface area contributed by atoms with Gasteiger partial charge in [-0.1, -0.05) is 142 Å². The number of nitrogens with zero attached hydrogens (tertiary/aromatic N) is 1. The molecule has 49 heavy (non-hydrogen) atoms. The quantitative estimate of drug-likeness (QED) is 0.0271. The molecule has 0 rings (SSSR count). The second kappa shape index (κ2) is 34.4. The van der Waals surface area contributed by atoms with Gasteiger partial charge in [-0.05, 0) is 19.8 Å². The Hall–Kier alpha value is -0.700. The second-order valence-corrected chi connectivity index (χ2v) is 16.0. The molecule has 0 aliphatic rings. The molecule has 0 N–H and O–H groups in total. The Morgan fingerprint density at radius 3 is 1.37 bits per heavy atom. The zero-order valence-electron chi connectivity index (χ0n) is 32.7. The number of ether oxygens (including phenoxy) is 2. The number of phosphoric acid groups is 1. The highest BCUT2D eigenvalue weighted by atomic mass is 35.5. The Labute approximate surface area is 308 Å². The molecule has 9 nitrogen and oxygen atoms in total. The van der Waals surface area contributed by atoms with Crippen LogP contribution in [0.1, 0.15) is 175 Å². The molecule has 0 bridgehead atoms. The van der Waals surface area contributed by atoms with Crippen molar-refractivity contribution in [2.24, 2.45) is 0 Å². The first-order valence-electron chi connectivity index (χ1n) is 19.7. The summed E-state index contributed by atoms with van der Waals surface area (Å²) in [4.78, 5) is 25.2. The first-order valence-corrected chi connectivity index (χ1v) is 21.2. The first kappa shape index (κ1) is 50.4. The normalized spacial score (nSPS) is 13.4. The Morgan fingerprint density at radius 2 is 0.959 bits per heavy atom. The van der Waals surface area contributed by atoms with Gasteiger partial charge in [-0.25, -0.2) is 4.57 Å². The van der Waals surface area contributed by atoms with E-state index in [0.717, 1.165) is 38.5 Å². The molecular weight excluding hydrogens is 665 g/mol. The zero-order valence-corrected chi connectivity index (χ0v) is 34.4. The number of rotatable bonds is 36. The van der Waals surface area contributed by atoms with E-state index >= 15 is 0 Å². The summed E-state index contributed by atoms with van der Waals surface area (Å²) in [6.45, 7) is 6.70. The van der Waals surface area contributed by atoms with Crippen LogP contribution in [0.4, 0.5) is 0 Å². The van der Waals surface area contributed by atoms with Crippen molar-refractivity contribution < 1.29 is 41.7 Å². The molecule has 0 aliphatic carbocycles. The van der Waals surface area contributed by atoms with E-state index in [9.17, 15) is 14.2 Å². The lowest BCUT2D eigenvalue weighted by molar-refractivity contribution is -0.870. The third kappa shape index (κ3) is 35.5. The zero-order chi connectivity index (χ0) is 35.8. The van der Waals surface area contributed by atoms with E-state index < -0.39 is 13.9 Å². The van der Waals surface area contributed by atoms with Gasteiger partial charge >= 0.3 is 19.8 Å². The van der Waals surface area contributed by atoms with Gasteiger partial charge in [0.1, 0.15) is 19.8 Å². The van der Waals surface area contributed by atoms with Crippen LogP contribution < -0.4 is 0 Å². The van der Waals surface area contributed by atoms with Crippen molar-refractivity contribution in [2.75, 3.05) is 54.1 Å². The number of likely N-dealkylation sites (N-methyl/N-ethyl adjacent to an activating group) is 1. The van der Waals surface area contributed by atoms with E-state index in [0.29, 0.717) is 17.4 Å². The summed E-state index contributed by atoms with van der Waals surface area (Å²) >= 11 is 0. The number of carbonyl (C=O) groups is 2. The molecule has 0 fully saturated rings. The fourth-order valence-corrected chi connectivity index (χ4v) is 6.55. The molecule has 0 radical (unpaired) electrons. The van der Waals surface area contributed by atoms with Crippen molar-refractivity contribution >= 4 is 32.2 Å². The molecule has 0 spiro atoms. The maximum Gasteiger partial charge on any atom is 0.475 e. The van der Waals surface area contributed by atoms with Gasteiger partial charge in [-0.15, -0.1) is 12.4 Å². The molecule has 0 saturated carbocycles. The molecule has 2 unspecified atom stereocenters. The van der Waals surface area contributed by atoms with Gasteiger partial charge in [0.25, 0.3) is 0 Å². The number of hydrogen-bond donors (Lipinski definition) is 0. The van der Waals surface area contributed by atoms with Gasteiger partial charge in [0, 0.05) is 12.8 Å². The maximum atomic E-state index is 13.2. The van der Waals surface area contributed by atoms with Gasteiger partial charge in [-0.2, -0.15) is 0 Å². The van der Waals surface area contributed by atoms with Gasteiger partial charge < -0.3 is 14.0 Å². The smallest absolute Gasteiger partial charge is 0.462 e. The van der Waals surface area contributed by atoms with Crippen LogP contribution in [-0.2, 0) is 37.2 Å². The average molecular weight is 743 g/mol. The van der Waals surface area contributed by atoms with E-state index in [4.69, 9.17) is 23.0 Å². The lowest BCUT2D eigenvalue weighted by Crippen LogP contribution is -2.37. The summed E-state index contributed by atoms with van der Waals surface area (Å²) in [5.41, 5.74) is 0. The minimum Gasteiger partial charge on any atom is -0.462 e. The molecule has 0 aromatic carbocycles. The van der Waals surface area contributed by atoms with E-state index in [1.54, 1.807) is 6.92 Å². The molecule has 0 amide bonds. The van der Waals surface area contributed by atoms with E-state index in [-0.39, 0.29) is 57.2 Å². The van der Waals surface area contributed by atoms with Crippen LogP contribution in [0.25, 0.3) is 0 Å². The van der Waals surface area contributed by atoms with Crippen LogP contribution in [0.2, 0.25) is 0 Å². The average Bonchev–Trinajstić information content (AvgIpc) is 3.03. The minimum atomic E-state index is -3.88. The Morgan fingerprint density at radius 1 is 0.551 bits per heavy atom. The molecule has 0 heterocycles. The van der Waals surface area contributed by atoms with Crippen LogP contribution in [0.5, 0.6) is 0 Å². The largest absolute Gasteiger partial charge is 0.475 e. The topological polar surface area (TPSA) is 97.4 Å². The number of quaternary nitrogens is 1. The standard InChI is InChI=1S/C38H77NO8P.ClH/c1-7-10-12-14-16-18-20-22-24-26-28-30-37(40)43-34-36(35-46-48(42,44-9-3)45-33-32-39(4,5)6)47-38(41)31-29-27-25-23-21-19-17-15-13-11-8-2;/h36H,7-35H2,1-6H3;1H/q+1;. The van der Waals surface area contributed by atoms with Crippen molar-refractivity contribution in [3.8, 4) is 0 Å². The SMILES string of the molecule is CCCCCCCCCCCCCC(=O)OCC(COP(=O)(OCC)OCC[N+](C)(C)C)OC(=O)CCCCCCCCCCCCC.Cl. The molecule has 0 aromatic rings. The highest BCUT2D eigenvalue weighted by Crippen LogP contribution is 2.49. The van der Waals surface area contributed by atoms with Gasteiger partial charge in [-0.3, -0.25) is 23.2 Å². The van der Waals surface area contributed by atoms with Crippen LogP contribution in [0, 0.1) is 0 Å². The van der Waals surface area contributed by atoms with Crippen molar-refractivity contribution in [1.29, 1.82) is 0 Å². The van der Waals surface area contributed by atoms with E-state index in [2.05, 4.69) is 13.8 Å². The molecular formula is C38H78ClNO8P+. The molecule has 0 saturated heterocycles. The molecule has 294 valence electrons. The Kier molecular flexibility index (Phi) is 35.4. The summed E-state index contributed by atoms with van der Waals surface area (Å²) in [5, 5.41) is 0. The monoisotopic (exact) mass is 743 g/mol. The van der Waals surface area contributed by atoms with Crippen molar-refractivity contribution in [3.05, 3.63) is 0 Å². The molecule has 11 heteroatoms. The van der Waals surface area contributed by atoms with Crippen LogP contribution in [0.3, 0.4) is 0 Å². The van der Waals surface area contributed by atoms with Crippen molar-refractivity contribution in [1.82, 2.24) is 0 Å². The second-order valence-electron chi connectivity index (χ2n) is 14.4. The number of esters is 2. The highest BCUT2D eigenvalue weighted by molar-refractivity contribution is 7.48. The van der Waals surface area contributed by atoms with Gasteiger partial charge in [0.2, 0.25) is 0 Å². The van der Waals surface area contributed by atoms with Crippen molar-refractivity contribution in [3.63, 3.8) is 0 Å². The van der Waals surface area contributed by atoms with Crippen LogP contribution in [0.15, 0.2) is 0 Å². The lowest BCUT2D eigenvalue weighted by atomic mass is 10.1. The number of phosphoric ester groups is 1. The van der Waals surface area contributed by atoms with Crippen molar-refractivity contribution in [2.45, 2.75) is 181 Å². The summed E-state index contributed by atoms with van der Waals surface area (Å²) in [6.07, 6.45) is 26.1. The first-order chi connectivity index (χ1) is 23.0. The fraction of sp³-hybridized carbons (Fsp3) is 0.947. The maximum absolute atomic E-state index is 13.2. The third-order valence-corrected chi connectivity index (χ3v) is 9.95. The number of carbonyl (C=O) groups excluding carboxylic acids is 2. The van der Waals surface area contributed by atoms with E-state index in [1.807, 2.05) is 21.1 Å². The number of unbranched alkanes of at least 4 members (excludes halogenated alkanes) is 20. The predicted octanol–water partition coefficient (Wildman–Crippen LogP) is 11.1. The Balaban J connectivity index is 0. The van der Waals surface area contributed by atoms with Crippen LogP contribution in [-0.4, -0.2) is 76.6 Å². The van der Waals surface area contributed by atoms with E-state index in [1.165, 1.54) is 103 Å². The number of hydrogen-bond acceptors (Lipinski definition) is 8. The molecule has 0 aromatic heterocycles. The van der Waals surface area contributed by atoms with Gasteiger partial charge in [0.05, 0.1) is 34.4 Å². The minimum absolute atomic E-state index is 0. The predicted molar refractivity (Wildman–Crippen MR) is 204 cm³/mol. The number of halogens is 1. The fourth-order valence-electron chi connectivity index (χ4n) is 5.36. The summed E-state index contributed by atoms with van der Waals surface area (Å²) in [6, 6.07) is 0. The highest BCUT2D eigenvalue weighted by Gasteiger charge is 2.30. The third-order valence-electron chi connectivity index (χ3n) is 8.41. The Bertz CT molecular complexity index is 811. The molecule has 2 atom stereocenters. The summed E-state index contributed by atoms with van der Waals surface area (Å²) in [7, 11) is 2.14. The van der Waals surface area contributed by atoms with Gasteiger partial charge in [0.15, 0.2) is 6.10 Å². The summed E-state index contributed by atoms with van der Waals surface area (Å²) in [5.74, 6) is -0.706. The summed E-state index contributed by atoms with van der Waals surface area (Å²) < 4.78 is 41.5. The lowest BCUT2D eigenvalue weighted by Gasteiger charge is -2.25. The molecule has 0 aliphatic heterocycles.